The lowest BCUT2D eigenvalue weighted by Crippen LogP contribution is -2.22. The van der Waals surface area contributed by atoms with Crippen molar-refractivity contribution in [2.75, 3.05) is 20.1 Å². The van der Waals surface area contributed by atoms with Gasteiger partial charge < -0.3 is 9.73 Å². The zero-order valence-corrected chi connectivity index (χ0v) is 11.6. The lowest BCUT2D eigenvalue weighted by Gasteiger charge is -2.17. The molecule has 0 aliphatic rings. The second-order valence-corrected chi connectivity index (χ2v) is 5.19. The molecule has 0 saturated heterocycles. The van der Waals surface area contributed by atoms with Gasteiger partial charge in [-0.1, -0.05) is 20.8 Å². The first-order valence-electron chi connectivity index (χ1n) is 6.57. The third-order valence-corrected chi connectivity index (χ3v) is 2.57. The highest BCUT2D eigenvalue weighted by Crippen LogP contribution is 2.10. The summed E-state index contributed by atoms with van der Waals surface area (Å²) < 4.78 is 5.57. The van der Waals surface area contributed by atoms with Crippen molar-refractivity contribution < 1.29 is 4.42 Å². The van der Waals surface area contributed by atoms with Gasteiger partial charge in [0, 0.05) is 18.7 Å². The molecule has 0 aromatic carbocycles. The number of nitrogens with one attached hydrogen (secondary N) is 1. The third kappa shape index (κ3) is 5.89. The maximum absolute atomic E-state index is 5.57. The lowest BCUT2D eigenvalue weighted by atomic mass is 10.2. The van der Waals surface area contributed by atoms with Gasteiger partial charge in [-0.25, -0.2) is 0 Å². The van der Waals surface area contributed by atoms with Crippen molar-refractivity contribution in [1.82, 2.24) is 10.2 Å². The van der Waals surface area contributed by atoms with Crippen molar-refractivity contribution in [3.8, 4) is 0 Å². The van der Waals surface area contributed by atoms with E-state index >= 15 is 0 Å². The maximum Gasteiger partial charge on any atom is 0.118 e. The molecular weight excluding hydrogens is 212 g/mol. The lowest BCUT2D eigenvalue weighted by molar-refractivity contribution is 0.265. The van der Waals surface area contributed by atoms with Gasteiger partial charge in [0.2, 0.25) is 0 Å². The van der Waals surface area contributed by atoms with Gasteiger partial charge in [0.15, 0.2) is 0 Å². The van der Waals surface area contributed by atoms with Crippen LogP contribution < -0.4 is 5.32 Å². The number of hydrogen-bond donors (Lipinski definition) is 1. The fraction of sp³-hybridized carbons (Fsp3) is 0.714. The van der Waals surface area contributed by atoms with Crippen LogP contribution in [0.4, 0.5) is 0 Å². The largest absolute Gasteiger partial charge is 0.468 e. The summed E-state index contributed by atoms with van der Waals surface area (Å²) in [6.07, 6.45) is 3.03. The molecule has 1 aromatic heterocycles. The summed E-state index contributed by atoms with van der Waals surface area (Å²) in [7, 11) is 2.14. The van der Waals surface area contributed by atoms with Crippen molar-refractivity contribution in [2.45, 2.75) is 40.3 Å². The Morgan fingerprint density at radius 1 is 1.41 bits per heavy atom. The van der Waals surface area contributed by atoms with Gasteiger partial charge in [0.1, 0.15) is 5.76 Å². The average Bonchev–Trinajstić information content (AvgIpc) is 2.64. The molecule has 0 amide bonds. The smallest absolute Gasteiger partial charge is 0.118 e. The Bertz CT molecular complexity index is 307. The quantitative estimate of drug-likeness (QED) is 0.706. The molecule has 1 aromatic rings. The second kappa shape index (κ2) is 7.51. The number of nitrogens with zero attached hydrogens (tertiary/aromatic N) is 1. The zero-order valence-electron chi connectivity index (χ0n) is 11.6. The first-order chi connectivity index (χ1) is 8.11. The Balaban J connectivity index is 2.34. The van der Waals surface area contributed by atoms with E-state index in [0.29, 0.717) is 5.92 Å². The van der Waals surface area contributed by atoms with Crippen LogP contribution in [0, 0.1) is 5.92 Å². The molecule has 0 fully saturated rings. The predicted octanol–water partition coefficient (Wildman–Crippen LogP) is 2.87. The normalized spacial score (nSPS) is 11.6. The number of rotatable bonds is 8. The van der Waals surface area contributed by atoms with Crippen molar-refractivity contribution in [1.29, 1.82) is 0 Å². The Morgan fingerprint density at radius 3 is 2.82 bits per heavy atom. The summed E-state index contributed by atoms with van der Waals surface area (Å²) in [6, 6.07) is 2.15. The highest BCUT2D eigenvalue weighted by atomic mass is 16.3. The van der Waals surface area contributed by atoms with Crippen molar-refractivity contribution in [3.63, 3.8) is 0 Å². The molecule has 0 aliphatic heterocycles. The Hall–Kier alpha value is -0.800. The Morgan fingerprint density at radius 2 is 2.18 bits per heavy atom. The molecule has 0 spiro atoms. The minimum Gasteiger partial charge on any atom is -0.468 e. The maximum atomic E-state index is 5.57. The predicted molar refractivity (Wildman–Crippen MR) is 71.9 cm³/mol. The van der Waals surface area contributed by atoms with Gasteiger partial charge in [-0.2, -0.15) is 0 Å². The first-order valence-corrected chi connectivity index (χ1v) is 6.57. The second-order valence-electron chi connectivity index (χ2n) is 5.19. The molecule has 1 heterocycles. The summed E-state index contributed by atoms with van der Waals surface area (Å²) in [5, 5.41) is 3.38. The van der Waals surface area contributed by atoms with Crippen molar-refractivity contribution >= 4 is 0 Å². The fourth-order valence-electron chi connectivity index (χ4n) is 1.97. The Kier molecular flexibility index (Phi) is 6.30. The van der Waals surface area contributed by atoms with Crippen LogP contribution in [0.25, 0.3) is 0 Å². The molecule has 0 saturated carbocycles. The molecule has 0 bridgehead atoms. The molecule has 0 unspecified atom stereocenters. The Labute approximate surface area is 105 Å². The SMILES string of the molecule is CCCNCc1coc(CN(C)CC(C)C)c1. The molecular formula is C14H26N2O. The highest BCUT2D eigenvalue weighted by Gasteiger charge is 2.06. The van der Waals surface area contributed by atoms with Gasteiger partial charge in [-0.05, 0) is 32.0 Å². The summed E-state index contributed by atoms with van der Waals surface area (Å²) in [5.74, 6) is 1.75. The van der Waals surface area contributed by atoms with Gasteiger partial charge in [-0.15, -0.1) is 0 Å². The summed E-state index contributed by atoms with van der Waals surface area (Å²) in [6.45, 7) is 10.6. The standard InChI is InChI=1S/C14H26N2O/c1-5-6-15-8-13-7-14(17-11-13)10-16(4)9-12(2)3/h7,11-12,15H,5-6,8-10H2,1-4H3. The van der Waals surface area contributed by atoms with E-state index in [2.05, 4.69) is 44.1 Å². The van der Waals surface area contributed by atoms with Crippen LogP contribution in [-0.2, 0) is 13.1 Å². The van der Waals surface area contributed by atoms with Gasteiger partial charge in [0.25, 0.3) is 0 Å². The third-order valence-electron chi connectivity index (χ3n) is 2.57. The summed E-state index contributed by atoms with van der Waals surface area (Å²) in [4.78, 5) is 2.30. The van der Waals surface area contributed by atoms with E-state index in [0.717, 1.165) is 31.9 Å². The van der Waals surface area contributed by atoms with Crippen LogP contribution in [0.15, 0.2) is 16.7 Å². The van der Waals surface area contributed by atoms with Crippen LogP contribution in [0.2, 0.25) is 0 Å². The molecule has 98 valence electrons. The first kappa shape index (κ1) is 14.3. The van der Waals surface area contributed by atoms with E-state index in [-0.39, 0.29) is 0 Å². The molecule has 1 N–H and O–H groups in total. The number of hydrogen-bond acceptors (Lipinski definition) is 3. The zero-order chi connectivity index (χ0) is 12.7. The van der Waals surface area contributed by atoms with Gasteiger partial charge in [0.05, 0.1) is 12.8 Å². The minimum atomic E-state index is 0.695. The van der Waals surface area contributed by atoms with E-state index in [9.17, 15) is 0 Å². The van der Waals surface area contributed by atoms with Crippen LogP contribution in [0.5, 0.6) is 0 Å². The summed E-state index contributed by atoms with van der Waals surface area (Å²) >= 11 is 0. The van der Waals surface area contributed by atoms with Crippen LogP contribution in [0.3, 0.4) is 0 Å². The van der Waals surface area contributed by atoms with Gasteiger partial charge in [-0.3, -0.25) is 4.90 Å². The molecule has 0 radical (unpaired) electrons. The van der Waals surface area contributed by atoms with Crippen LogP contribution in [0.1, 0.15) is 38.5 Å². The van der Waals surface area contributed by atoms with E-state index in [1.54, 1.807) is 0 Å². The van der Waals surface area contributed by atoms with E-state index in [4.69, 9.17) is 4.42 Å². The van der Waals surface area contributed by atoms with Crippen LogP contribution in [-0.4, -0.2) is 25.0 Å². The average molecular weight is 238 g/mol. The molecule has 3 heteroatoms. The van der Waals surface area contributed by atoms with E-state index < -0.39 is 0 Å². The molecule has 1 rings (SSSR count). The highest BCUT2D eigenvalue weighted by molar-refractivity contribution is 5.12. The van der Waals surface area contributed by atoms with Crippen molar-refractivity contribution in [2.24, 2.45) is 5.92 Å². The molecule has 17 heavy (non-hydrogen) atoms. The van der Waals surface area contributed by atoms with E-state index in [1.807, 2.05) is 6.26 Å². The molecule has 3 nitrogen and oxygen atoms in total. The van der Waals surface area contributed by atoms with E-state index in [1.165, 1.54) is 12.0 Å². The monoisotopic (exact) mass is 238 g/mol. The topological polar surface area (TPSA) is 28.4 Å². The minimum absolute atomic E-state index is 0.695. The fourth-order valence-corrected chi connectivity index (χ4v) is 1.97. The molecule has 0 atom stereocenters. The summed E-state index contributed by atoms with van der Waals surface area (Å²) in [5.41, 5.74) is 1.24. The number of furan rings is 1. The van der Waals surface area contributed by atoms with Gasteiger partial charge >= 0.3 is 0 Å². The van der Waals surface area contributed by atoms with Crippen molar-refractivity contribution in [3.05, 3.63) is 23.7 Å². The van der Waals surface area contributed by atoms with Crippen LogP contribution >= 0.6 is 0 Å². The molecule has 0 aliphatic carbocycles.